The van der Waals surface area contributed by atoms with Gasteiger partial charge in [-0.15, -0.1) is 0 Å². The van der Waals surface area contributed by atoms with Gasteiger partial charge >= 0.3 is 6.09 Å². The first-order chi connectivity index (χ1) is 19.5. The van der Waals surface area contributed by atoms with Gasteiger partial charge in [-0.1, -0.05) is 89.7 Å². The molecular weight excluding hydrogens is 504 g/mol. The number of benzene rings is 1. The lowest BCUT2D eigenvalue weighted by atomic mass is 10.1. The van der Waals surface area contributed by atoms with E-state index in [-0.39, 0.29) is 19.1 Å². The zero-order valence-electron chi connectivity index (χ0n) is 25.3. The average molecular weight is 556 g/mol. The Morgan fingerprint density at radius 3 is 2.08 bits per heavy atom. The van der Waals surface area contributed by atoms with Gasteiger partial charge in [-0.2, -0.15) is 0 Å². The highest BCUT2D eigenvalue weighted by molar-refractivity contribution is 5.90. The fraction of sp³-hybridized carbons (Fsp3) is 0.606. The van der Waals surface area contributed by atoms with Crippen LogP contribution in [0.4, 0.5) is 4.79 Å². The molecule has 2 amide bonds. The van der Waals surface area contributed by atoms with E-state index in [1.807, 2.05) is 54.1 Å². The van der Waals surface area contributed by atoms with Crippen LogP contribution in [0.25, 0.3) is 0 Å². The molecule has 0 saturated heterocycles. The molecule has 0 radical (unpaired) electrons. The molecule has 40 heavy (non-hydrogen) atoms. The Kier molecular flexibility index (Phi) is 16.5. The van der Waals surface area contributed by atoms with E-state index in [2.05, 4.69) is 6.92 Å². The molecule has 0 aliphatic heterocycles. The average Bonchev–Trinajstić information content (AvgIpc) is 2.97. The summed E-state index contributed by atoms with van der Waals surface area (Å²) in [6, 6.07) is 11.2. The number of rotatable bonds is 20. The second-order valence-corrected chi connectivity index (χ2v) is 10.4. The molecule has 1 aromatic heterocycles. The third-order valence-electron chi connectivity index (χ3n) is 7.14. The minimum absolute atomic E-state index is 0.0283. The molecular formula is C33H51N2O5+. The summed E-state index contributed by atoms with van der Waals surface area (Å²) in [4.78, 5) is 26.1. The maximum absolute atomic E-state index is 12.8. The van der Waals surface area contributed by atoms with Crippen molar-refractivity contribution in [2.45, 2.75) is 118 Å². The number of imide groups is 1. The Morgan fingerprint density at radius 1 is 0.825 bits per heavy atom. The first-order valence-corrected chi connectivity index (χ1v) is 15.2. The summed E-state index contributed by atoms with van der Waals surface area (Å²) in [6.45, 7) is 7.21. The molecule has 0 atom stereocenters. The van der Waals surface area contributed by atoms with Crippen molar-refractivity contribution in [2.75, 3.05) is 13.7 Å². The van der Waals surface area contributed by atoms with Crippen molar-refractivity contribution in [3.05, 3.63) is 53.9 Å². The second kappa shape index (κ2) is 19.9. The van der Waals surface area contributed by atoms with E-state index in [9.17, 15) is 9.59 Å². The quantitative estimate of drug-likeness (QED) is 0.123. The number of hydrogen-bond donors (Lipinski definition) is 0. The van der Waals surface area contributed by atoms with Gasteiger partial charge in [0.05, 0.1) is 13.7 Å². The zero-order valence-corrected chi connectivity index (χ0v) is 25.3. The highest BCUT2D eigenvalue weighted by atomic mass is 16.6. The highest BCUT2D eigenvalue weighted by Gasteiger charge is 2.24. The first kappa shape index (κ1) is 33.1. The smallest absolute Gasteiger partial charge is 0.417 e. The van der Waals surface area contributed by atoms with E-state index in [1.54, 1.807) is 7.11 Å². The Hall–Kier alpha value is -3.09. The number of carbonyl (C=O) groups excluding carboxylic acids is 2. The fourth-order valence-corrected chi connectivity index (χ4v) is 4.70. The molecule has 0 fully saturated rings. The molecule has 1 heterocycles. The molecule has 0 bridgehead atoms. The molecule has 0 spiro atoms. The van der Waals surface area contributed by atoms with Crippen LogP contribution in [0.3, 0.4) is 0 Å². The summed E-state index contributed by atoms with van der Waals surface area (Å²) in [5.41, 5.74) is 1.61. The zero-order chi connectivity index (χ0) is 29.0. The van der Waals surface area contributed by atoms with E-state index in [0.29, 0.717) is 18.1 Å². The van der Waals surface area contributed by atoms with Gasteiger partial charge in [0.1, 0.15) is 19.7 Å². The van der Waals surface area contributed by atoms with E-state index in [0.717, 1.165) is 29.1 Å². The van der Waals surface area contributed by atoms with Crippen molar-refractivity contribution in [3.63, 3.8) is 0 Å². The molecule has 2 aromatic rings. The van der Waals surface area contributed by atoms with Gasteiger partial charge in [-0.25, -0.2) is 14.3 Å². The van der Waals surface area contributed by atoms with Crippen molar-refractivity contribution in [1.82, 2.24) is 4.90 Å². The summed E-state index contributed by atoms with van der Waals surface area (Å²) in [7, 11) is 1.60. The van der Waals surface area contributed by atoms with Crippen LogP contribution in [0.15, 0.2) is 42.6 Å². The molecule has 2 rings (SSSR count). The summed E-state index contributed by atoms with van der Waals surface area (Å²) < 4.78 is 19.0. The van der Waals surface area contributed by atoms with Crippen molar-refractivity contribution >= 4 is 12.0 Å². The summed E-state index contributed by atoms with van der Waals surface area (Å²) in [5, 5.41) is 0. The number of carbonyl (C=O) groups is 2. The Balaban J connectivity index is 1.71. The number of aryl methyl sites for hydroxylation is 1. The number of ether oxygens (including phenoxy) is 3. The molecule has 0 saturated carbocycles. The van der Waals surface area contributed by atoms with Crippen molar-refractivity contribution in [3.8, 4) is 11.5 Å². The van der Waals surface area contributed by atoms with Crippen molar-refractivity contribution in [2.24, 2.45) is 0 Å². The minimum atomic E-state index is -0.676. The third-order valence-corrected chi connectivity index (χ3v) is 7.14. The van der Waals surface area contributed by atoms with Crippen LogP contribution in [0.1, 0.15) is 109 Å². The lowest BCUT2D eigenvalue weighted by molar-refractivity contribution is -0.701. The van der Waals surface area contributed by atoms with Crippen LogP contribution in [-0.2, 0) is 29.2 Å². The number of pyridine rings is 1. The van der Waals surface area contributed by atoms with Crippen LogP contribution in [0.2, 0.25) is 0 Å². The second-order valence-electron chi connectivity index (χ2n) is 10.4. The predicted octanol–water partition coefficient (Wildman–Crippen LogP) is 7.77. The van der Waals surface area contributed by atoms with Crippen molar-refractivity contribution in [1.29, 1.82) is 0 Å². The maximum Gasteiger partial charge on any atom is 0.417 e. The fourth-order valence-electron chi connectivity index (χ4n) is 4.70. The van der Waals surface area contributed by atoms with E-state index >= 15 is 0 Å². The molecule has 7 nitrogen and oxygen atoms in total. The van der Waals surface area contributed by atoms with E-state index in [1.165, 1.54) is 77.6 Å². The molecule has 222 valence electrons. The highest BCUT2D eigenvalue weighted by Crippen LogP contribution is 2.29. The summed E-state index contributed by atoms with van der Waals surface area (Å²) >= 11 is 0. The van der Waals surface area contributed by atoms with Crippen LogP contribution in [0, 0.1) is 0 Å². The molecule has 0 unspecified atom stereocenters. The van der Waals surface area contributed by atoms with Gasteiger partial charge in [0, 0.05) is 19.1 Å². The Bertz CT molecular complexity index is 1010. The van der Waals surface area contributed by atoms with E-state index in [4.69, 9.17) is 14.2 Å². The largest absolute Gasteiger partial charge is 0.493 e. The number of amides is 2. The van der Waals surface area contributed by atoms with Gasteiger partial charge in [0.15, 0.2) is 17.7 Å². The molecule has 1 aromatic carbocycles. The first-order valence-electron chi connectivity index (χ1n) is 15.2. The van der Waals surface area contributed by atoms with Crippen LogP contribution in [-0.4, -0.2) is 30.6 Å². The number of methoxy groups -OCH3 is 1. The lowest BCUT2D eigenvalue weighted by Gasteiger charge is -2.18. The topological polar surface area (TPSA) is 69.0 Å². The van der Waals surface area contributed by atoms with Gasteiger partial charge in [0.25, 0.3) is 0 Å². The van der Waals surface area contributed by atoms with Crippen LogP contribution < -0.4 is 14.0 Å². The SMILES string of the molecule is CCCCCCCCCCCCCCOc1ccc(COC(=O)N(Cc2cccc[n+]2CC)C(C)=O)cc1OC. The number of hydrogen-bond acceptors (Lipinski definition) is 5. The van der Waals surface area contributed by atoms with Gasteiger partial charge in [-0.3, -0.25) is 4.79 Å². The summed E-state index contributed by atoms with van der Waals surface area (Å²) in [6.07, 6.45) is 16.9. The Labute approximate surface area is 241 Å². The van der Waals surface area contributed by atoms with E-state index < -0.39 is 6.09 Å². The lowest BCUT2D eigenvalue weighted by Crippen LogP contribution is -2.43. The van der Waals surface area contributed by atoms with Crippen molar-refractivity contribution < 1.29 is 28.4 Å². The predicted molar refractivity (Wildman–Crippen MR) is 158 cm³/mol. The monoisotopic (exact) mass is 555 g/mol. The number of unbranched alkanes of at least 4 members (excludes halogenated alkanes) is 11. The van der Waals surface area contributed by atoms with Gasteiger partial charge in [-0.05, 0) is 31.0 Å². The molecule has 0 aliphatic rings. The molecule has 0 aliphatic carbocycles. The Morgan fingerprint density at radius 2 is 1.48 bits per heavy atom. The van der Waals surface area contributed by atoms with Gasteiger partial charge in [0.2, 0.25) is 11.6 Å². The third kappa shape index (κ3) is 12.4. The molecule has 7 heteroatoms. The normalized spacial score (nSPS) is 10.8. The number of nitrogens with zero attached hydrogens (tertiary/aromatic N) is 2. The van der Waals surface area contributed by atoms with Crippen LogP contribution in [0.5, 0.6) is 11.5 Å². The van der Waals surface area contributed by atoms with Crippen LogP contribution >= 0.6 is 0 Å². The summed E-state index contributed by atoms with van der Waals surface area (Å²) in [5.74, 6) is 0.916. The molecule has 0 N–H and O–H groups in total. The standard InChI is InChI=1S/C33H51N2O5/c1-5-7-8-9-10-11-12-13-14-15-16-19-24-39-31-22-21-29(25-32(31)38-4)27-40-33(37)35(28(3)36)26-30-20-17-18-23-34(30)6-2/h17-18,20-23,25H,5-16,19,24,26-27H2,1-4H3/q+1. The minimum Gasteiger partial charge on any atom is -0.493 e. The van der Waals surface area contributed by atoms with Gasteiger partial charge < -0.3 is 14.2 Å². The number of aromatic nitrogens is 1. The maximum atomic E-state index is 12.8.